The fourth-order valence-corrected chi connectivity index (χ4v) is 5.68. The molecule has 2 aromatic rings. The highest BCUT2D eigenvalue weighted by Crippen LogP contribution is 2.53. The second-order valence-corrected chi connectivity index (χ2v) is 16.0. The topological polar surface area (TPSA) is 231 Å². The number of halogens is 1. The molecule has 49 heavy (non-hydrogen) atoms. The number of aromatic nitrogens is 4. The zero-order chi connectivity index (χ0) is 37.1. The Balaban J connectivity index is 1.94. The summed E-state index contributed by atoms with van der Waals surface area (Å²) in [4.78, 5) is 50.4. The number of hydrogen-bond donors (Lipinski definition) is 3. The molecule has 1 aliphatic heterocycles. The Bertz CT molecular complexity index is 1520. The standard InChI is InChI=1S/C30H49FN7O10P/c1-16(2)20(32)18(39)11-17-19(48-24(30(17,9)31)38-13-35-21-22(34-10)36-27(33)37-23(21)38)12-45-49(42,46-14-43-25(40)28(3,4)5)47-15-44-26(41)29(6,7)8/h13,16-17,19-20,24H,11-12,14-15,32H2,1-10H3,(H3,33,34,36,37)/t17-,19-,20+,24-,30-/m1/s1. The Labute approximate surface area is 284 Å². The number of carbonyl (C=O) groups is 3. The van der Waals surface area contributed by atoms with Gasteiger partial charge in [-0.3, -0.25) is 23.5 Å². The van der Waals surface area contributed by atoms with Crippen LogP contribution in [-0.2, 0) is 46.7 Å². The van der Waals surface area contributed by atoms with Crippen molar-refractivity contribution in [1.29, 1.82) is 0 Å². The summed E-state index contributed by atoms with van der Waals surface area (Å²) in [5.41, 5.74) is 8.35. The molecule has 1 saturated heterocycles. The van der Waals surface area contributed by atoms with Crippen molar-refractivity contribution in [2.24, 2.45) is 28.4 Å². The molecule has 2 aromatic heterocycles. The first-order valence-electron chi connectivity index (χ1n) is 15.7. The van der Waals surface area contributed by atoms with Crippen LogP contribution in [0.1, 0.15) is 75.0 Å². The van der Waals surface area contributed by atoms with Crippen molar-refractivity contribution in [1.82, 2.24) is 19.5 Å². The number of anilines is 2. The minimum atomic E-state index is -4.69. The van der Waals surface area contributed by atoms with Crippen LogP contribution in [0.3, 0.4) is 0 Å². The van der Waals surface area contributed by atoms with E-state index >= 15 is 4.39 Å². The number of Topliss-reactive ketones (excluding diaryl/α,β-unsaturated/α-hetero) is 1. The Morgan fingerprint density at radius 1 is 1.06 bits per heavy atom. The van der Waals surface area contributed by atoms with Gasteiger partial charge >= 0.3 is 19.8 Å². The molecular weight excluding hydrogens is 668 g/mol. The fourth-order valence-electron chi connectivity index (χ4n) is 4.77. The molecule has 0 amide bonds. The van der Waals surface area contributed by atoms with E-state index < -0.39 is 86.5 Å². The summed E-state index contributed by atoms with van der Waals surface area (Å²) >= 11 is 0. The Kier molecular flexibility index (Phi) is 12.5. The van der Waals surface area contributed by atoms with Crippen LogP contribution in [0.15, 0.2) is 6.33 Å². The lowest BCUT2D eigenvalue weighted by molar-refractivity contribution is -0.163. The molecule has 3 rings (SSSR count). The molecule has 0 saturated carbocycles. The zero-order valence-corrected chi connectivity index (χ0v) is 30.5. The molecule has 5 atom stereocenters. The molecule has 0 bridgehead atoms. The highest BCUT2D eigenvalue weighted by Gasteiger charge is 2.57. The van der Waals surface area contributed by atoms with E-state index in [0.29, 0.717) is 5.82 Å². The lowest BCUT2D eigenvalue weighted by Crippen LogP contribution is -2.42. The van der Waals surface area contributed by atoms with Gasteiger partial charge in [-0.1, -0.05) is 13.8 Å². The summed E-state index contributed by atoms with van der Waals surface area (Å²) in [6.07, 6.45) is -1.76. The molecule has 0 aliphatic carbocycles. The number of hydrogen-bond acceptors (Lipinski definition) is 16. The smallest absolute Gasteiger partial charge is 0.437 e. The van der Waals surface area contributed by atoms with Crippen molar-refractivity contribution in [3.63, 3.8) is 0 Å². The lowest BCUT2D eigenvalue weighted by Gasteiger charge is -2.29. The summed E-state index contributed by atoms with van der Waals surface area (Å²) in [5, 5.41) is 2.86. The molecule has 17 nitrogen and oxygen atoms in total. The first-order chi connectivity index (χ1) is 22.5. The lowest BCUT2D eigenvalue weighted by atomic mass is 9.81. The van der Waals surface area contributed by atoms with Crippen LogP contribution < -0.4 is 16.8 Å². The van der Waals surface area contributed by atoms with Gasteiger partial charge in [-0.25, -0.2) is 23.0 Å². The molecule has 0 unspecified atom stereocenters. The summed E-state index contributed by atoms with van der Waals surface area (Å²) in [6, 6.07) is -0.899. The number of fused-ring (bicyclic) bond motifs is 1. The predicted molar refractivity (Wildman–Crippen MR) is 175 cm³/mol. The van der Waals surface area contributed by atoms with Gasteiger partial charge in [-0.2, -0.15) is 9.97 Å². The van der Waals surface area contributed by atoms with Gasteiger partial charge in [-0.05, 0) is 54.4 Å². The first kappa shape index (κ1) is 40.2. The first-order valence-corrected chi connectivity index (χ1v) is 17.2. The number of esters is 2. The minimum Gasteiger partial charge on any atom is -0.437 e. The van der Waals surface area contributed by atoms with Gasteiger partial charge in [0, 0.05) is 19.4 Å². The van der Waals surface area contributed by atoms with Crippen molar-refractivity contribution in [3.8, 4) is 0 Å². The summed E-state index contributed by atoms with van der Waals surface area (Å²) < 4.78 is 64.5. The van der Waals surface area contributed by atoms with Crippen molar-refractivity contribution in [2.75, 3.05) is 38.3 Å². The van der Waals surface area contributed by atoms with Gasteiger partial charge in [0.25, 0.3) is 0 Å². The van der Waals surface area contributed by atoms with Crippen molar-refractivity contribution in [3.05, 3.63) is 6.33 Å². The zero-order valence-electron chi connectivity index (χ0n) is 29.6. The number of carbonyl (C=O) groups excluding carboxylic acids is 3. The molecule has 3 heterocycles. The molecule has 19 heteroatoms. The maximum Gasteiger partial charge on any atom is 0.480 e. The number of nitrogens with two attached hydrogens (primary N) is 2. The molecule has 276 valence electrons. The van der Waals surface area contributed by atoms with Crippen LogP contribution in [0.5, 0.6) is 0 Å². The van der Waals surface area contributed by atoms with E-state index in [9.17, 15) is 18.9 Å². The quantitative estimate of drug-likeness (QED) is 0.135. The Morgan fingerprint density at radius 3 is 2.10 bits per heavy atom. The largest absolute Gasteiger partial charge is 0.480 e. The number of nitrogens with zero attached hydrogens (tertiary/aromatic N) is 4. The number of nitrogen functional groups attached to an aromatic ring is 1. The minimum absolute atomic E-state index is 0.110. The van der Waals surface area contributed by atoms with Gasteiger partial charge in [0.2, 0.25) is 19.5 Å². The highest BCUT2D eigenvalue weighted by atomic mass is 31.2. The number of nitrogens with one attached hydrogen (secondary N) is 1. The molecule has 5 N–H and O–H groups in total. The van der Waals surface area contributed by atoms with E-state index in [-0.39, 0.29) is 29.5 Å². The maximum absolute atomic E-state index is 17.1. The van der Waals surface area contributed by atoms with E-state index in [1.807, 2.05) is 0 Å². The van der Waals surface area contributed by atoms with E-state index in [0.717, 1.165) is 0 Å². The van der Waals surface area contributed by atoms with E-state index in [4.69, 9.17) is 39.2 Å². The summed E-state index contributed by atoms with van der Waals surface area (Å²) in [7, 11) is -3.09. The monoisotopic (exact) mass is 717 g/mol. The number of rotatable bonds is 15. The van der Waals surface area contributed by atoms with Gasteiger partial charge in [0.15, 0.2) is 28.9 Å². The normalized spacial score (nSPS) is 22.3. The van der Waals surface area contributed by atoms with Crippen LogP contribution in [0.4, 0.5) is 16.2 Å². The number of alkyl halides is 1. The van der Waals surface area contributed by atoms with E-state index in [1.165, 1.54) is 17.8 Å². The summed E-state index contributed by atoms with van der Waals surface area (Å²) in [6.45, 7) is 12.0. The van der Waals surface area contributed by atoms with Gasteiger partial charge in [-0.15, -0.1) is 0 Å². The SMILES string of the molecule is CNc1nc(N)nc2c1ncn2[C@@H]1O[C@H](COP(=O)(OCOC(=O)C(C)(C)C)OCOC(=O)C(C)(C)C)[C@@H](CC(=O)[C@@H](N)C(C)C)[C@@]1(C)F. The number of imidazole rings is 1. The average Bonchev–Trinajstić information content (AvgIpc) is 3.51. The van der Waals surface area contributed by atoms with Gasteiger partial charge in [0.05, 0.1) is 35.9 Å². The van der Waals surface area contributed by atoms with Crippen LogP contribution in [-0.4, -0.2) is 82.3 Å². The maximum atomic E-state index is 17.1. The molecule has 0 spiro atoms. The third-order valence-corrected chi connectivity index (χ3v) is 9.13. The number of ether oxygens (including phenoxy) is 3. The van der Waals surface area contributed by atoms with Crippen LogP contribution in [0.25, 0.3) is 11.2 Å². The Hall–Kier alpha value is -3.28. The molecule has 1 fully saturated rings. The number of phosphoric ester groups is 1. The highest BCUT2D eigenvalue weighted by molar-refractivity contribution is 7.48. The van der Waals surface area contributed by atoms with Crippen molar-refractivity contribution >= 4 is 48.5 Å². The van der Waals surface area contributed by atoms with Crippen LogP contribution in [0.2, 0.25) is 0 Å². The third-order valence-electron chi connectivity index (χ3n) is 7.82. The van der Waals surface area contributed by atoms with Gasteiger partial charge < -0.3 is 31.0 Å². The second-order valence-electron chi connectivity index (χ2n) is 14.3. The Morgan fingerprint density at radius 2 is 1.61 bits per heavy atom. The molecule has 1 aliphatic rings. The number of phosphoric acid groups is 1. The third kappa shape index (κ3) is 9.70. The molecule has 0 aromatic carbocycles. The summed E-state index contributed by atoms with van der Waals surface area (Å²) in [5.74, 6) is -3.04. The second kappa shape index (κ2) is 15.3. The van der Waals surface area contributed by atoms with E-state index in [2.05, 4.69) is 20.3 Å². The fraction of sp³-hybridized carbons (Fsp3) is 0.733. The predicted octanol–water partition coefficient (Wildman–Crippen LogP) is 3.89. The average molecular weight is 718 g/mol. The van der Waals surface area contributed by atoms with Gasteiger partial charge in [0.1, 0.15) is 5.78 Å². The van der Waals surface area contributed by atoms with Crippen LogP contribution >= 0.6 is 7.82 Å². The molecule has 0 radical (unpaired) electrons. The van der Waals surface area contributed by atoms with Crippen molar-refractivity contribution < 1.29 is 51.1 Å². The number of ketones is 1. The van der Waals surface area contributed by atoms with E-state index in [1.54, 1.807) is 62.4 Å². The molecular formula is C30H49FN7O10P. The van der Waals surface area contributed by atoms with Crippen molar-refractivity contribution in [2.45, 2.75) is 92.8 Å². The van der Waals surface area contributed by atoms with Crippen LogP contribution in [0, 0.1) is 22.7 Å².